The van der Waals surface area contributed by atoms with Crippen molar-refractivity contribution in [2.45, 2.75) is 25.3 Å². The Kier molecular flexibility index (Phi) is 3.57. The van der Waals surface area contributed by atoms with Crippen LogP contribution in [0.15, 0.2) is 18.5 Å². The van der Waals surface area contributed by atoms with Gasteiger partial charge in [0.15, 0.2) is 0 Å². The lowest BCUT2D eigenvalue weighted by Crippen LogP contribution is -2.33. The van der Waals surface area contributed by atoms with Crippen LogP contribution >= 0.6 is 11.6 Å². The lowest BCUT2D eigenvalue weighted by Gasteiger charge is -2.31. The average Bonchev–Trinajstić information content (AvgIpc) is 3.06. The number of nitrogens with zero attached hydrogens (tertiary/aromatic N) is 4. The van der Waals surface area contributed by atoms with Gasteiger partial charge in [-0.2, -0.15) is 5.10 Å². The van der Waals surface area contributed by atoms with Gasteiger partial charge >= 0.3 is 0 Å². The molecular weight excluding hydrogens is 262 g/mol. The van der Waals surface area contributed by atoms with Gasteiger partial charge in [-0.25, -0.2) is 4.98 Å². The topological polar surface area (TPSA) is 49.7 Å². The summed E-state index contributed by atoms with van der Waals surface area (Å²) in [5.41, 5.74) is 1.26. The molecule has 0 aromatic carbocycles. The molecule has 19 heavy (non-hydrogen) atoms. The van der Waals surface area contributed by atoms with Crippen molar-refractivity contribution in [1.29, 1.82) is 0 Å². The number of imidazole rings is 1. The van der Waals surface area contributed by atoms with E-state index in [1.165, 1.54) is 18.5 Å². The van der Waals surface area contributed by atoms with Gasteiger partial charge < -0.3 is 4.57 Å². The number of nitrogens with one attached hydrogen (secondary N) is 1. The van der Waals surface area contributed by atoms with Crippen molar-refractivity contribution in [2.24, 2.45) is 7.05 Å². The summed E-state index contributed by atoms with van der Waals surface area (Å²) in [6.07, 6.45) is 5.88. The van der Waals surface area contributed by atoms with Crippen molar-refractivity contribution in [3.63, 3.8) is 0 Å². The Morgan fingerprint density at radius 2 is 2.21 bits per heavy atom. The van der Waals surface area contributed by atoms with Crippen LogP contribution in [0, 0.1) is 0 Å². The van der Waals surface area contributed by atoms with Gasteiger partial charge in [0.2, 0.25) is 0 Å². The van der Waals surface area contributed by atoms with Gasteiger partial charge in [-0.1, -0.05) is 11.6 Å². The lowest BCUT2D eigenvalue weighted by molar-refractivity contribution is 0.197. The van der Waals surface area contributed by atoms with Gasteiger partial charge in [0.05, 0.1) is 12.7 Å². The zero-order valence-corrected chi connectivity index (χ0v) is 11.8. The first-order valence-electron chi connectivity index (χ1n) is 6.62. The second-order valence-corrected chi connectivity index (χ2v) is 5.51. The van der Waals surface area contributed by atoms with E-state index >= 15 is 0 Å². The molecule has 3 rings (SSSR count). The van der Waals surface area contributed by atoms with Crippen LogP contribution < -0.4 is 0 Å². The van der Waals surface area contributed by atoms with Crippen molar-refractivity contribution in [2.75, 3.05) is 13.1 Å². The Balaban J connectivity index is 1.57. The van der Waals surface area contributed by atoms with E-state index in [1.54, 1.807) is 6.20 Å². The van der Waals surface area contributed by atoms with Gasteiger partial charge in [-0.05, 0) is 32.0 Å². The van der Waals surface area contributed by atoms with Crippen molar-refractivity contribution in [1.82, 2.24) is 24.6 Å². The fourth-order valence-corrected chi connectivity index (χ4v) is 2.81. The van der Waals surface area contributed by atoms with Gasteiger partial charge in [0.25, 0.3) is 0 Å². The molecule has 0 saturated carbocycles. The van der Waals surface area contributed by atoms with E-state index in [0.29, 0.717) is 11.1 Å². The third kappa shape index (κ3) is 2.67. The number of likely N-dealkylation sites (tertiary alicyclic amines) is 1. The normalized spacial score (nSPS) is 18.0. The van der Waals surface area contributed by atoms with E-state index in [4.69, 9.17) is 11.6 Å². The van der Waals surface area contributed by atoms with E-state index in [2.05, 4.69) is 26.1 Å². The highest BCUT2D eigenvalue weighted by Crippen LogP contribution is 2.27. The molecule has 102 valence electrons. The third-order valence-electron chi connectivity index (χ3n) is 3.94. The Morgan fingerprint density at radius 3 is 2.79 bits per heavy atom. The monoisotopic (exact) mass is 279 g/mol. The minimum absolute atomic E-state index is 0.615. The van der Waals surface area contributed by atoms with Crippen LogP contribution in [-0.4, -0.2) is 37.7 Å². The molecule has 1 aliphatic heterocycles. The number of rotatable bonds is 3. The second-order valence-electron chi connectivity index (χ2n) is 5.12. The first-order valence-corrected chi connectivity index (χ1v) is 6.99. The zero-order chi connectivity index (χ0) is 13.2. The van der Waals surface area contributed by atoms with E-state index < -0.39 is 0 Å². The molecule has 1 saturated heterocycles. The highest BCUT2D eigenvalue weighted by atomic mass is 35.5. The predicted molar refractivity (Wildman–Crippen MR) is 74.1 cm³/mol. The summed E-state index contributed by atoms with van der Waals surface area (Å²) in [4.78, 5) is 6.79. The second kappa shape index (κ2) is 5.35. The largest absolute Gasteiger partial charge is 0.321 e. The van der Waals surface area contributed by atoms with Crippen molar-refractivity contribution in [3.8, 4) is 0 Å². The SMILES string of the molecule is Cn1c(Cl)cnc1CN1CCC(c2ccn[nH]2)CC1. The molecule has 6 heteroatoms. The summed E-state index contributed by atoms with van der Waals surface area (Å²) in [6, 6.07) is 2.08. The molecule has 0 amide bonds. The molecule has 0 bridgehead atoms. The minimum Gasteiger partial charge on any atom is -0.321 e. The molecule has 0 atom stereocenters. The molecule has 5 nitrogen and oxygen atoms in total. The molecule has 1 aliphatic rings. The smallest absolute Gasteiger partial charge is 0.128 e. The highest BCUT2D eigenvalue weighted by Gasteiger charge is 2.22. The average molecular weight is 280 g/mol. The first-order chi connectivity index (χ1) is 9.24. The maximum absolute atomic E-state index is 6.01. The number of hydrogen-bond donors (Lipinski definition) is 1. The van der Waals surface area contributed by atoms with Gasteiger partial charge in [0, 0.05) is 24.9 Å². The van der Waals surface area contributed by atoms with E-state index in [9.17, 15) is 0 Å². The van der Waals surface area contributed by atoms with Crippen molar-refractivity contribution < 1.29 is 0 Å². The number of aromatic nitrogens is 4. The Morgan fingerprint density at radius 1 is 1.42 bits per heavy atom. The third-order valence-corrected chi connectivity index (χ3v) is 4.29. The molecule has 3 heterocycles. The fraction of sp³-hybridized carbons (Fsp3) is 0.538. The van der Waals surface area contributed by atoms with Crippen LogP contribution in [0.25, 0.3) is 0 Å². The predicted octanol–water partition coefficient (Wildman–Crippen LogP) is 2.18. The lowest BCUT2D eigenvalue weighted by atomic mass is 9.94. The molecule has 0 aliphatic carbocycles. The van der Waals surface area contributed by atoms with Crippen LogP contribution in [0.2, 0.25) is 5.15 Å². The summed E-state index contributed by atoms with van der Waals surface area (Å²) in [6.45, 7) is 3.06. The summed E-state index contributed by atoms with van der Waals surface area (Å²) in [7, 11) is 1.96. The summed E-state index contributed by atoms with van der Waals surface area (Å²) < 4.78 is 1.95. The van der Waals surface area contributed by atoms with E-state index in [1.807, 2.05) is 17.8 Å². The number of aromatic amines is 1. The van der Waals surface area contributed by atoms with E-state index in [-0.39, 0.29) is 0 Å². The van der Waals surface area contributed by atoms with Crippen LogP contribution in [-0.2, 0) is 13.6 Å². The number of halogens is 1. The summed E-state index contributed by atoms with van der Waals surface area (Å²) >= 11 is 6.01. The van der Waals surface area contributed by atoms with Gasteiger partial charge in [-0.15, -0.1) is 0 Å². The maximum atomic E-state index is 6.01. The summed E-state index contributed by atoms with van der Waals surface area (Å²) in [5, 5.41) is 7.81. The maximum Gasteiger partial charge on any atom is 0.128 e. The van der Waals surface area contributed by atoms with Crippen molar-refractivity contribution in [3.05, 3.63) is 35.1 Å². The Labute approximate surface area is 117 Å². The van der Waals surface area contributed by atoms with Crippen LogP contribution in [0.5, 0.6) is 0 Å². The number of H-pyrrole nitrogens is 1. The van der Waals surface area contributed by atoms with Crippen molar-refractivity contribution >= 4 is 11.6 Å². The Hall–Kier alpha value is -1.33. The molecule has 2 aromatic heterocycles. The Bertz CT molecular complexity index is 525. The van der Waals surface area contributed by atoms with Crippen LogP contribution in [0.1, 0.15) is 30.3 Å². The van der Waals surface area contributed by atoms with Crippen LogP contribution in [0.4, 0.5) is 0 Å². The number of piperidine rings is 1. The minimum atomic E-state index is 0.615. The quantitative estimate of drug-likeness (QED) is 0.937. The molecular formula is C13H18ClN5. The fourth-order valence-electron chi connectivity index (χ4n) is 2.67. The summed E-state index contributed by atoms with van der Waals surface area (Å²) in [5.74, 6) is 1.65. The molecule has 1 fully saturated rings. The van der Waals surface area contributed by atoms with E-state index in [0.717, 1.165) is 25.5 Å². The molecule has 0 spiro atoms. The first kappa shape index (κ1) is 12.7. The zero-order valence-electron chi connectivity index (χ0n) is 11.0. The highest BCUT2D eigenvalue weighted by molar-refractivity contribution is 6.29. The number of hydrogen-bond acceptors (Lipinski definition) is 3. The molecule has 0 radical (unpaired) electrons. The molecule has 0 unspecified atom stereocenters. The molecule has 1 N–H and O–H groups in total. The van der Waals surface area contributed by atoms with Gasteiger partial charge in [-0.3, -0.25) is 10.00 Å². The standard InChI is InChI=1S/C13H18ClN5/c1-18-12(14)8-15-13(18)9-19-6-3-10(4-7-19)11-2-5-16-17-11/h2,5,8,10H,3-4,6-7,9H2,1H3,(H,16,17). The van der Waals surface area contributed by atoms with Gasteiger partial charge in [0.1, 0.15) is 11.0 Å². The van der Waals surface area contributed by atoms with Crippen LogP contribution in [0.3, 0.4) is 0 Å². The molecule has 2 aromatic rings.